The summed E-state index contributed by atoms with van der Waals surface area (Å²) in [6.07, 6.45) is 0. The predicted octanol–water partition coefficient (Wildman–Crippen LogP) is 5.64. The highest BCUT2D eigenvalue weighted by molar-refractivity contribution is 6.31. The zero-order valence-electron chi connectivity index (χ0n) is 16.6. The molecule has 1 aliphatic heterocycles. The summed E-state index contributed by atoms with van der Waals surface area (Å²) >= 11 is 6.32. The van der Waals surface area contributed by atoms with Gasteiger partial charge in [-0.1, -0.05) is 59.6 Å². The maximum absolute atomic E-state index is 14.9. The number of rotatable bonds is 3. The number of benzene rings is 3. The van der Waals surface area contributed by atoms with Crippen molar-refractivity contribution in [3.63, 3.8) is 0 Å². The molecule has 1 amide bonds. The molecule has 0 saturated carbocycles. The van der Waals surface area contributed by atoms with Gasteiger partial charge in [-0.3, -0.25) is 9.59 Å². The van der Waals surface area contributed by atoms with E-state index in [0.717, 1.165) is 5.56 Å². The van der Waals surface area contributed by atoms with E-state index in [4.69, 9.17) is 16.0 Å². The highest BCUT2D eigenvalue weighted by Gasteiger charge is 2.43. The molecule has 1 aliphatic rings. The van der Waals surface area contributed by atoms with E-state index in [0.29, 0.717) is 21.6 Å². The number of aryl methyl sites for hydroxylation is 1. The van der Waals surface area contributed by atoms with Crippen LogP contribution in [0.5, 0.6) is 0 Å². The van der Waals surface area contributed by atoms with E-state index in [2.05, 4.69) is 0 Å². The molecule has 0 saturated heterocycles. The van der Waals surface area contributed by atoms with E-state index in [1.54, 1.807) is 48.5 Å². The average molecular weight is 434 g/mol. The third-order valence-corrected chi connectivity index (χ3v) is 5.99. The lowest BCUT2D eigenvalue weighted by Crippen LogP contribution is -2.30. The fourth-order valence-corrected chi connectivity index (χ4v) is 4.32. The van der Waals surface area contributed by atoms with Crippen LogP contribution in [-0.4, -0.2) is 10.8 Å². The lowest BCUT2D eigenvalue weighted by molar-refractivity contribution is 0.0712. The molecular weight excluding hydrogens is 417 g/mol. The van der Waals surface area contributed by atoms with Crippen molar-refractivity contribution >= 4 is 28.5 Å². The molecule has 4 nitrogen and oxygen atoms in total. The molecule has 1 unspecified atom stereocenters. The second-order valence-corrected chi connectivity index (χ2v) is 8.03. The van der Waals surface area contributed by atoms with Crippen molar-refractivity contribution in [2.24, 2.45) is 0 Å². The fraction of sp³-hybridized carbons (Fsp3) is 0.120. The number of nitrogens with zero attached hydrogens (tertiary/aromatic N) is 1. The van der Waals surface area contributed by atoms with Crippen molar-refractivity contribution in [3.05, 3.63) is 116 Å². The van der Waals surface area contributed by atoms with Gasteiger partial charge < -0.3 is 9.32 Å². The molecule has 1 aromatic heterocycles. The summed E-state index contributed by atoms with van der Waals surface area (Å²) in [6, 6.07) is 17.6. The maximum Gasteiger partial charge on any atom is 0.291 e. The van der Waals surface area contributed by atoms with Crippen molar-refractivity contribution in [2.45, 2.75) is 19.5 Å². The Hall–Kier alpha value is -3.44. The van der Waals surface area contributed by atoms with Crippen LogP contribution in [0.2, 0.25) is 5.02 Å². The normalized spacial score (nSPS) is 15.5. The van der Waals surface area contributed by atoms with E-state index in [1.807, 2.05) is 19.1 Å². The molecule has 3 aromatic carbocycles. The average Bonchev–Trinajstić information content (AvgIpc) is 3.03. The van der Waals surface area contributed by atoms with Crippen LogP contribution in [0.25, 0.3) is 11.0 Å². The van der Waals surface area contributed by atoms with Crippen LogP contribution in [0, 0.1) is 12.7 Å². The molecule has 4 aromatic rings. The van der Waals surface area contributed by atoms with E-state index in [9.17, 15) is 14.0 Å². The predicted molar refractivity (Wildman–Crippen MR) is 117 cm³/mol. The number of fused-ring (bicyclic) bond motifs is 2. The van der Waals surface area contributed by atoms with Crippen LogP contribution in [0.1, 0.15) is 38.9 Å². The first-order chi connectivity index (χ1) is 15.0. The van der Waals surface area contributed by atoms with Gasteiger partial charge in [0.1, 0.15) is 11.4 Å². The van der Waals surface area contributed by atoms with Crippen molar-refractivity contribution in [1.82, 2.24) is 4.90 Å². The number of carbonyl (C=O) groups is 1. The van der Waals surface area contributed by atoms with Crippen molar-refractivity contribution in [1.29, 1.82) is 0 Å². The van der Waals surface area contributed by atoms with Gasteiger partial charge in [0, 0.05) is 17.1 Å². The minimum atomic E-state index is -0.916. The summed E-state index contributed by atoms with van der Waals surface area (Å²) < 4.78 is 20.8. The Bertz CT molecular complexity index is 1410. The largest absolute Gasteiger partial charge is 0.450 e. The second kappa shape index (κ2) is 7.36. The summed E-state index contributed by atoms with van der Waals surface area (Å²) in [5.41, 5.74) is 1.97. The van der Waals surface area contributed by atoms with Crippen LogP contribution in [0.4, 0.5) is 4.39 Å². The smallest absolute Gasteiger partial charge is 0.291 e. The van der Waals surface area contributed by atoms with Crippen LogP contribution in [0.3, 0.4) is 0 Å². The van der Waals surface area contributed by atoms with Crippen LogP contribution in [-0.2, 0) is 6.54 Å². The van der Waals surface area contributed by atoms with Gasteiger partial charge in [-0.05, 0) is 36.8 Å². The number of hydrogen-bond donors (Lipinski definition) is 0. The molecule has 31 heavy (non-hydrogen) atoms. The third-order valence-electron chi connectivity index (χ3n) is 5.62. The summed E-state index contributed by atoms with van der Waals surface area (Å²) in [4.78, 5) is 28.3. The zero-order valence-corrected chi connectivity index (χ0v) is 17.3. The minimum absolute atomic E-state index is 0.0540. The Morgan fingerprint density at radius 1 is 1.03 bits per heavy atom. The first kappa shape index (κ1) is 19.5. The van der Waals surface area contributed by atoms with E-state index in [1.165, 1.54) is 11.0 Å². The molecule has 154 valence electrons. The monoisotopic (exact) mass is 433 g/mol. The minimum Gasteiger partial charge on any atom is -0.450 e. The van der Waals surface area contributed by atoms with Crippen molar-refractivity contribution in [2.75, 3.05) is 0 Å². The molecule has 0 fully saturated rings. The van der Waals surface area contributed by atoms with Gasteiger partial charge in [-0.15, -0.1) is 0 Å². The number of halogens is 2. The van der Waals surface area contributed by atoms with Crippen molar-refractivity contribution in [3.8, 4) is 0 Å². The van der Waals surface area contributed by atoms with Gasteiger partial charge in [-0.2, -0.15) is 0 Å². The molecule has 2 heterocycles. The topological polar surface area (TPSA) is 50.5 Å². The molecule has 0 spiro atoms. The Morgan fingerprint density at radius 3 is 2.55 bits per heavy atom. The quantitative estimate of drug-likeness (QED) is 0.420. The first-order valence-electron chi connectivity index (χ1n) is 9.82. The standard InChI is InChI=1S/C25H17ClFNO3/c1-14-10-11-20-17(12-14)23(29)21-22(16-7-3-5-9-19(16)27)28(25(30)24(21)31-20)13-15-6-2-4-8-18(15)26/h2-12,22H,13H2,1H3. The van der Waals surface area contributed by atoms with E-state index in [-0.39, 0.29) is 28.9 Å². The van der Waals surface area contributed by atoms with Crippen LogP contribution >= 0.6 is 11.6 Å². The number of hydrogen-bond acceptors (Lipinski definition) is 3. The van der Waals surface area contributed by atoms with E-state index < -0.39 is 17.8 Å². The van der Waals surface area contributed by atoms with Crippen LogP contribution < -0.4 is 5.43 Å². The van der Waals surface area contributed by atoms with Crippen molar-refractivity contribution < 1.29 is 13.6 Å². The Labute approximate surface area is 182 Å². The summed E-state index contributed by atoms with van der Waals surface area (Å²) in [7, 11) is 0. The molecule has 5 rings (SSSR count). The molecule has 1 atom stereocenters. The molecule has 0 radical (unpaired) electrons. The highest BCUT2D eigenvalue weighted by Crippen LogP contribution is 2.40. The maximum atomic E-state index is 14.9. The van der Waals surface area contributed by atoms with Gasteiger partial charge in [0.2, 0.25) is 5.76 Å². The lowest BCUT2D eigenvalue weighted by Gasteiger charge is -2.26. The summed E-state index contributed by atoms with van der Waals surface area (Å²) in [5, 5.41) is 0.853. The van der Waals surface area contributed by atoms with Gasteiger partial charge in [0.25, 0.3) is 5.91 Å². The second-order valence-electron chi connectivity index (χ2n) is 7.62. The SMILES string of the molecule is Cc1ccc2oc3c(c(=O)c2c1)C(c1ccccc1F)N(Cc1ccccc1Cl)C3=O. The van der Waals surface area contributed by atoms with Gasteiger partial charge >= 0.3 is 0 Å². The molecule has 0 N–H and O–H groups in total. The Morgan fingerprint density at radius 2 is 1.77 bits per heavy atom. The molecular formula is C25H17ClFNO3. The molecule has 6 heteroatoms. The number of carbonyl (C=O) groups excluding carboxylic acids is 1. The summed E-state index contributed by atoms with van der Waals surface area (Å²) in [6.45, 7) is 1.98. The fourth-order valence-electron chi connectivity index (χ4n) is 4.13. The zero-order chi connectivity index (χ0) is 21.7. The molecule has 0 aliphatic carbocycles. The van der Waals surface area contributed by atoms with Gasteiger partial charge in [0.15, 0.2) is 5.43 Å². The molecule has 0 bridgehead atoms. The van der Waals surface area contributed by atoms with Crippen LogP contribution in [0.15, 0.2) is 75.9 Å². The van der Waals surface area contributed by atoms with E-state index >= 15 is 0 Å². The van der Waals surface area contributed by atoms with Gasteiger partial charge in [0.05, 0.1) is 17.0 Å². The van der Waals surface area contributed by atoms with Gasteiger partial charge in [-0.25, -0.2) is 4.39 Å². The Balaban J connectivity index is 1.77. The third kappa shape index (κ3) is 3.13. The lowest BCUT2D eigenvalue weighted by atomic mass is 9.97. The Kier molecular flexibility index (Phi) is 4.63. The number of amides is 1. The highest BCUT2D eigenvalue weighted by atomic mass is 35.5. The first-order valence-corrected chi connectivity index (χ1v) is 10.2. The summed E-state index contributed by atoms with van der Waals surface area (Å²) in [5.74, 6) is -1.02.